The van der Waals surface area contributed by atoms with E-state index in [9.17, 15) is 0 Å². The molecule has 0 bridgehead atoms. The van der Waals surface area contributed by atoms with Gasteiger partial charge in [0.15, 0.2) is 0 Å². The van der Waals surface area contributed by atoms with Crippen molar-refractivity contribution in [2.75, 3.05) is 11.4 Å². The Morgan fingerprint density at radius 2 is 2.00 bits per heavy atom. The summed E-state index contributed by atoms with van der Waals surface area (Å²) in [5, 5.41) is 3.49. The van der Waals surface area contributed by atoms with E-state index < -0.39 is 0 Å². The molecule has 2 rings (SSSR count). The molecule has 0 radical (unpaired) electrons. The smallest absolute Gasteiger partial charge is 0.131 e. The highest BCUT2D eigenvalue weighted by atomic mass is 15.2. The number of aromatic nitrogens is 2. The second-order valence-corrected chi connectivity index (χ2v) is 6.27. The number of rotatable bonds is 7. The summed E-state index contributed by atoms with van der Waals surface area (Å²) in [7, 11) is 0. The monoisotopic (exact) mass is 276 g/mol. The average molecular weight is 276 g/mol. The van der Waals surface area contributed by atoms with Gasteiger partial charge in [0.25, 0.3) is 0 Å². The molecule has 4 nitrogen and oxygen atoms in total. The molecule has 1 fully saturated rings. The molecule has 4 heteroatoms. The highest BCUT2D eigenvalue weighted by molar-refractivity contribution is 5.51. The van der Waals surface area contributed by atoms with Gasteiger partial charge in [0.05, 0.1) is 17.6 Å². The molecule has 1 aliphatic rings. The molecule has 0 unspecified atom stereocenters. The summed E-state index contributed by atoms with van der Waals surface area (Å²) >= 11 is 0. The summed E-state index contributed by atoms with van der Waals surface area (Å²) < 4.78 is 0. The van der Waals surface area contributed by atoms with Crippen LogP contribution < -0.4 is 10.2 Å². The zero-order valence-corrected chi connectivity index (χ0v) is 13.5. The summed E-state index contributed by atoms with van der Waals surface area (Å²) in [4.78, 5) is 11.8. The minimum absolute atomic E-state index is 0.373. The van der Waals surface area contributed by atoms with E-state index in [0.29, 0.717) is 18.0 Å². The van der Waals surface area contributed by atoms with Crippen LogP contribution in [0.3, 0.4) is 0 Å². The first-order valence-corrected chi connectivity index (χ1v) is 7.88. The van der Waals surface area contributed by atoms with Crippen molar-refractivity contribution in [2.45, 2.75) is 72.0 Å². The van der Waals surface area contributed by atoms with E-state index in [0.717, 1.165) is 24.6 Å². The van der Waals surface area contributed by atoms with E-state index in [1.165, 1.54) is 18.5 Å². The van der Waals surface area contributed by atoms with Crippen molar-refractivity contribution in [2.24, 2.45) is 0 Å². The van der Waals surface area contributed by atoms with Gasteiger partial charge in [-0.1, -0.05) is 27.7 Å². The quantitative estimate of drug-likeness (QED) is 0.831. The Labute approximate surface area is 123 Å². The van der Waals surface area contributed by atoms with E-state index in [2.05, 4.69) is 49.8 Å². The molecule has 0 aromatic carbocycles. The SMILES string of the molecule is CCN(c1cnc(C(C)C)nc1CNC(C)C)C1CC1. The molecule has 0 atom stereocenters. The Bertz CT molecular complexity index is 438. The van der Waals surface area contributed by atoms with Crippen LogP contribution in [0.1, 0.15) is 64.9 Å². The zero-order chi connectivity index (χ0) is 14.7. The molecular weight excluding hydrogens is 248 g/mol. The van der Waals surface area contributed by atoms with Crippen molar-refractivity contribution in [1.82, 2.24) is 15.3 Å². The minimum Gasteiger partial charge on any atom is -0.366 e. The average Bonchev–Trinajstić information content (AvgIpc) is 3.22. The number of nitrogens with one attached hydrogen (secondary N) is 1. The van der Waals surface area contributed by atoms with Crippen molar-refractivity contribution in [3.8, 4) is 0 Å². The van der Waals surface area contributed by atoms with Gasteiger partial charge in [-0.25, -0.2) is 9.97 Å². The van der Waals surface area contributed by atoms with Gasteiger partial charge < -0.3 is 10.2 Å². The Balaban J connectivity index is 2.27. The molecule has 1 saturated carbocycles. The Kier molecular flexibility index (Phi) is 4.97. The lowest BCUT2D eigenvalue weighted by Crippen LogP contribution is -2.30. The highest BCUT2D eigenvalue weighted by Crippen LogP contribution is 2.32. The fraction of sp³-hybridized carbons (Fsp3) is 0.750. The molecule has 1 heterocycles. The summed E-state index contributed by atoms with van der Waals surface area (Å²) in [5.41, 5.74) is 2.36. The topological polar surface area (TPSA) is 41.1 Å². The fourth-order valence-corrected chi connectivity index (χ4v) is 2.39. The normalized spacial score (nSPS) is 15.2. The Hall–Kier alpha value is -1.16. The lowest BCUT2D eigenvalue weighted by Gasteiger charge is -2.25. The van der Waals surface area contributed by atoms with Gasteiger partial charge in [-0.05, 0) is 19.8 Å². The largest absolute Gasteiger partial charge is 0.366 e. The van der Waals surface area contributed by atoms with Crippen molar-refractivity contribution < 1.29 is 0 Å². The van der Waals surface area contributed by atoms with Gasteiger partial charge in [-0.2, -0.15) is 0 Å². The van der Waals surface area contributed by atoms with Crippen LogP contribution in [-0.4, -0.2) is 28.6 Å². The minimum atomic E-state index is 0.373. The van der Waals surface area contributed by atoms with E-state index >= 15 is 0 Å². The van der Waals surface area contributed by atoms with Gasteiger partial charge in [-0.3, -0.25) is 0 Å². The van der Waals surface area contributed by atoms with E-state index in [1.54, 1.807) is 0 Å². The summed E-state index contributed by atoms with van der Waals surface area (Å²) in [6.45, 7) is 12.7. The number of hydrogen-bond acceptors (Lipinski definition) is 4. The maximum absolute atomic E-state index is 4.81. The molecule has 1 aromatic rings. The zero-order valence-electron chi connectivity index (χ0n) is 13.5. The third kappa shape index (κ3) is 3.69. The van der Waals surface area contributed by atoms with Crippen LogP contribution in [0.4, 0.5) is 5.69 Å². The van der Waals surface area contributed by atoms with E-state index in [4.69, 9.17) is 4.98 Å². The molecule has 112 valence electrons. The predicted molar refractivity (Wildman–Crippen MR) is 84.1 cm³/mol. The molecule has 0 spiro atoms. The molecule has 0 aliphatic heterocycles. The maximum atomic E-state index is 4.81. The van der Waals surface area contributed by atoms with E-state index in [-0.39, 0.29) is 0 Å². The number of nitrogens with zero attached hydrogens (tertiary/aromatic N) is 3. The standard InChI is InChI=1S/C16H28N4/c1-6-20(13-7-8-13)15-10-18-16(11(2)3)19-14(15)9-17-12(4)5/h10-13,17H,6-9H2,1-5H3. The van der Waals surface area contributed by atoms with Crippen LogP contribution >= 0.6 is 0 Å². The molecular formula is C16H28N4. The molecule has 1 aliphatic carbocycles. The summed E-state index contributed by atoms with van der Waals surface area (Å²) in [6, 6.07) is 1.17. The van der Waals surface area contributed by atoms with Crippen LogP contribution in [-0.2, 0) is 6.54 Å². The third-order valence-corrected chi connectivity index (χ3v) is 3.70. The van der Waals surface area contributed by atoms with Crippen LogP contribution in [0.25, 0.3) is 0 Å². The fourth-order valence-electron chi connectivity index (χ4n) is 2.39. The highest BCUT2D eigenvalue weighted by Gasteiger charge is 2.30. The van der Waals surface area contributed by atoms with Crippen LogP contribution in [0.5, 0.6) is 0 Å². The van der Waals surface area contributed by atoms with Gasteiger partial charge in [-0.15, -0.1) is 0 Å². The van der Waals surface area contributed by atoms with Gasteiger partial charge >= 0.3 is 0 Å². The maximum Gasteiger partial charge on any atom is 0.131 e. The van der Waals surface area contributed by atoms with Crippen molar-refractivity contribution in [3.63, 3.8) is 0 Å². The molecule has 20 heavy (non-hydrogen) atoms. The first kappa shape index (κ1) is 15.2. The Morgan fingerprint density at radius 1 is 1.30 bits per heavy atom. The number of hydrogen-bond donors (Lipinski definition) is 1. The predicted octanol–water partition coefficient (Wildman–Crippen LogP) is 3.09. The first-order valence-electron chi connectivity index (χ1n) is 7.88. The van der Waals surface area contributed by atoms with E-state index in [1.807, 2.05) is 6.20 Å². The van der Waals surface area contributed by atoms with Gasteiger partial charge in [0.1, 0.15) is 5.82 Å². The van der Waals surface area contributed by atoms with Gasteiger partial charge in [0.2, 0.25) is 0 Å². The van der Waals surface area contributed by atoms with Crippen molar-refractivity contribution >= 4 is 5.69 Å². The first-order chi connectivity index (χ1) is 9.52. The third-order valence-electron chi connectivity index (χ3n) is 3.70. The van der Waals surface area contributed by atoms with Gasteiger partial charge in [0, 0.05) is 31.1 Å². The van der Waals surface area contributed by atoms with Crippen molar-refractivity contribution in [3.05, 3.63) is 17.7 Å². The van der Waals surface area contributed by atoms with Crippen molar-refractivity contribution in [1.29, 1.82) is 0 Å². The second kappa shape index (κ2) is 6.53. The van der Waals surface area contributed by atoms with Crippen LogP contribution in [0, 0.1) is 0 Å². The van der Waals surface area contributed by atoms with Crippen LogP contribution in [0.2, 0.25) is 0 Å². The molecule has 1 aromatic heterocycles. The number of anilines is 1. The summed E-state index contributed by atoms with van der Waals surface area (Å²) in [5.74, 6) is 1.32. The lowest BCUT2D eigenvalue weighted by atomic mass is 10.2. The Morgan fingerprint density at radius 3 is 2.50 bits per heavy atom. The summed E-state index contributed by atoms with van der Waals surface area (Å²) in [6.07, 6.45) is 4.63. The second-order valence-electron chi connectivity index (χ2n) is 6.27. The molecule has 1 N–H and O–H groups in total. The van der Waals surface area contributed by atoms with Crippen LogP contribution in [0.15, 0.2) is 6.20 Å². The lowest BCUT2D eigenvalue weighted by molar-refractivity contribution is 0.575. The molecule has 0 amide bonds. The molecule has 0 saturated heterocycles.